The number of hydrogen-bond acceptors (Lipinski definition) is 3. The molecule has 2 aliphatic rings. The van der Waals surface area contributed by atoms with Gasteiger partial charge in [-0.2, -0.15) is 0 Å². The lowest BCUT2D eigenvalue weighted by atomic mass is 9.89. The van der Waals surface area contributed by atoms with Crippen LogP contribution in [0.5, 0.6) is 0 Å². The number of ether oxygens (including phenoxy) is 1. The van der Waals surface area contributed by atoms with E-state index in [1.807, 2.05) is 0 Å². The lowest BCUT2D eigenvalue weighted by Gasteiger charge is -2.44. The van der Waals surface area contributed by atoms with Gasteiger partial charge < -0.3 is 4.74 Å². The van der Waals surface area contributed by atoms with Gasteiger partial charge >= 0.3 is 0 Å². The molecule has 0 N–H and O–H groups in total. The molecular formula is C21H23NOS. The maximum Gasteiger partial charge on any atom is 0.0658 e. The molecule has 2 bridgehead atoms. The van der Waals surface area contributed by atoms with Gasteiger partial charge in [-0.3, -0.25) is 4.90 Å². The van der Waals surface area contributed by atoms with E-state index in [4.69, 9.17) is 4.74 Å². The van der Waals surface area contributed by atoms with Crippen LogP contribution in [-0.2, 0) is 11.3 Å². The average Bonchev–Trinajstić information content (AvgIpc) is 2.62. The number of morpholine rings is 1. The fourth-order valence-electron chi connectivity index (χ4n) is 3.72. The van der Waals surface area contributed by atoms with Gasteiger partial charge in [-0.15, -0.1) is 11.8 Å². The highest BCUT2D eigenvalue weighted by Gasteiger charge is 2.34. The number of benzene rings is 2. The molecule has 1 saturated heterocycles. The molecule has 3 heteroatoms. The van der Waals surface area contributed by atoms with Gasteiger partial charge in [-0.05, 0) is 41.5 Å². The summed E-state index contributed by atoms with van der Waals surface area (Å²) in [5.74, 6) is 0. The van der Waals surface area contributed by atoms with E-state index < -0.39 is 0 Å². The highest BCUT2D eigenvalue weighted by Crippen LogP contribution is 2.34. The first-order valence-corrected chi connectivity index (χ1v) is 9.78. The molecule has 0 aromatic heterocycles. The lowest BCUT2D eigenvalue weighted by molar-refractivity contribution is -0.0402. The molecule has 2 unspecified atom stereocenters. The van der Waals surface area contributed by atoms with E-state index in [9.17, 15) is 0 Å². The van der Waals surface area contributed by atoms with Crippen molar-refractivity contribution in [1.82, 2.24) is 4.90 Å². The third-order valence-electron chi connectivity index (χ3n) is 5.01. The van der Waals surface area contributed by atoms with Crippen LogP contribution >= 0.6 is 11.8 Å². The molecule has 0 radical (unpaired) electrons. The highest BCUT2D eigenvalue weighted by atomic mass is 32.2. The van der Waals surface area contributed by atoms with Gasteiger partial charge in [0, 0.05) is 17.5 Å². The monoisotopic (exact) mass is 337 g/mol. The van der Waals surface area contributed by atoms with Crippen molar-refractivity contribution in [1.29, 1.82) is 0 Å². The van der Waals surface area contributed by atoms with Crippen LogP contribution in [0.4, 0.5) is 0 Å². The van der Waals surface area contributed by atoms with Crippen molar-refractivity contribution in [2.45, 2.75) is 29.9 Å². The number of hydrogen-bond donors (Lipinski definition) is 0. The van der Waals surface area contributed by atoms with Crippen molar-refractivity contribution in [3.63, 3.8) is 0 Å². The topological polar surface area (TPSA) is 12.5 Å². The molecule has 2 aromatic rings. The lowest BCUT2D eigenvalue weighted by Crippen LogP contribution is -2.53. The minimum absolute atomic E-state index is 0.382. The van der Waals surface area contributed by atoms with E-state index in [2.05, 4.69) is 71.8 Å². The summed E-state index contributed by atoms with van der Waals surface area (Å²) >= 11 is 1.79. The average molecular weight is 337 g/mol. The van der Waals surface area contributed by atoms with Crippen molar-refractivity contribution in [3.05, 3.63) is 71.8 Å². The predicted octanol–water partition coefficient (Wildman–Crippen LogP) is 4.47. The first-order valence-electron chi connectivity index (χ1n) is 8.56. The van der Waals surface area contributed by atoms with Crippen LogP contribution < -0.4 is 0 Å². The number of rotatable bonds is 4. The minimum Gasteiger partial charge on any atom is -0.378 e. The Bertz CT molecular complexity index is 710. The molecule has 0 saturated carbocycles. The second kappa shape index (κ2) is 7.14. The fraction of sp³-hybridized carbons (Fsp3) is 0.333. The van der Waals surface area contributed by atoms with E-state index in [1.165, 1.54) is 21.6 Å². The van der Waals surface area contributed by atoms with Crippen molar-refractivity contribution in [2.75, 3.05) is 19.5 Å². The Labute approximate surface area is 148 Å². The fourth-order valence-corrected chi connectivity index (χ4v) is 4.13. The van der Waals surface area contributed by atoms with Crippen LogP contribution in [0.2, 0.25) is 0 Å². The molecule has 4 rings (SSSR count). The zero-order valence-electron chi connectivity index (χ0n) is 14.0. The van der Waals surface area contributed by atoms with Gasteiger partial charge in [-0.25, -0.2) is 0 Å². The van der Waals surface area contributed by atoms with E-state index in [-0.39, 0.29) is 0 Å². The second-order valence-electron chi connectivity index (χ2n) is 6.54. The smallest absolute Gasteiger partial charge is 0.0658 e. The van der Waals surface area contributed by atoms with E-state index in [1.54, 1.807) is 11.8 Å². The van der Waals surface area contributed by atoms with E-state index in [0.717, 1.165) is 26.2 Å². The van der Waals surface area contributed by atoms with E-state index in [0.29, 0.717) is 12.1 Å². The number of fused-ring (bicyclic) bond motifs is 2. The van der Waals surface area contributed by atoms with Crippen molar-refractivity contribution < 1.29 is 4.74 Å². The summed E-state index contributed by atoms with van der Waals surface area (Å²) in [5.41, 5.74) is 4.23. The largest absolute Gasteiger partial charge is 0.378 e. The molecular weight excluding hydrogens is 314 g/mol. The summed E-state index contributed by atoms with van der Waals surface area (Å²) < 4.78 is 5.84. The van der Waals surface area contributed by atoms with Crippen LogP contribution in [0, 0.1) is 0 Å². The van der Waals surface area contributed by atoms with Crippen LogP contribution in [0.3, 0.4) is 0 Å². The summed E-state index contributed by atoms with van der Waals surface area (Å²) in [5, 5.41) is 0. The molecule has 0 spiro atoms. The Hall–Kier alpha value is -1.55. The summed E-state index contributed by atoms with van der Waals surface area (Å²) in [7, 11) is 0. The Morgan fingerprint density at radius 2 is 1.83 bits per heavy atom. The standard InChI is InChI=1S/C21H23NOS/c1-24-21-9-7-17(8-10-21)18-11-19-14-23-15-20(12-18)22(19)13-16-5-3-2-4-6-16/h2-11,19-20H,12-15H2,1H3. The maximum absolute atomic E-state index is 5.84. The zero-order valence-corrected chi connectivity index (χ0v) is 14.8. The Morgan fingerprint density at radius 3 is 2.54 bits per heavy atom. The number of thioether (sulfide) groups is 1. The molecule has 2 aromatic carbocycles. The van der Waals surface area contributed by atoms with Crippen molar-refractivity contribution in [2.24, 2.45) is 0 Å². The van der Waals surface area contributed by atoms with Gasteiger partial charge in [0.2, 0.25) is 0 Å². The first kappa shape index (κ1) is 15.9. The molecule has 0 aliphatic carbocycles. The van der Waals surface area contributed by atoms with Gasteiger partial charge in [0.15, 0.2) is 0 Å². The van der Waals surface area contributed by atoms with Crippen molar-refractivity contribution >= 4 is 17.3 Å². The second-order valence-corrected chi connectivity index (χ2v) is 7.42. The van der Waals surface area contributed by atoms with Gasteiger partial charge in [-0.1, -0.05) is 48.5 Å². The van der Waals surface area contributed by atoms with E-state index >= 15 is 0 Å². The molecule has 2 nitrogen and oxygen atoms in total. The molecule has 2 atom stereocenters. The van der Waals surface area contributed by atoms with Crippen LogP contribution in [0.1, 0.15) is 17.5 Å². The first-order chi connectivity index (χ1) is 11.8. The summed E-state index contributed by atoms with van der Waals surface area (Å²) in [6.07, 6.45) is 5.62. The normalized spacial score (nSPS) is 23.8. The molecule has 0 amide bonds. The third-order valence-corrected chi connectivity index (χ3v) is 5.76. The Morgan fingerprint density at radius 1 is 1.04 bits per heavy atom. The zero-order chi connectivity index (χ0) is 16.4. The molecule has 124 valence electrons. The Kier molecular flexibility index (Phi) is 4.74. The molecule has 1 fully saturated rings. The summed E-state index contributed by atoms with van der Waals surface area (Å²) in [6.45, 7) is 2.65. The molecule has 24 heavy (non-hydrogen) atoms. The summed E-state index contributed by atoms with van der Waals surface area (Å²) in [6, 6.07) is 20.6. The predicted molar refractivity (Wildman–Crippen MR) is 101 cm³/mol. The van der Waals surface area contributed by atoms with Crippen LogP contribution in [0.15, 0.2) is 65.6 Å². The van der Waals surface area contributed by atoms with Gasteiger partial charge in [0.05, 0.1) is 19.3 Å². The SMILES string of the molecule is CSc1ccc(C2=CC3COCC(C2)N3Cc2ccccc2)cc1. The molecule has 2 heterocycles. The molecule has 2 aliphatic heterocycles. The summed E-state index contributed by atoms with van der Waals surface area (Å²) in [4.78, 5) is 3.93. The Balaban J connectivity index is 1.57. The highest BCUT2D eigenvalue weighted by molar-refractivity contribution is 7.98. The third kappa shape index (κ3) is 3.30. The quantitative estimate of drug-likeness (QED) is 0.764. The van der Waals surface area contributed by atoms with Gasteiger partial charge in [0.25, 0.3) is 0 Å². The van der Waals surface area contributed by atoms with Gasteiger partial charge in [0.1, 0.15) is 0 Å². The van der Waals surface area contributed by atoms with Crippen molar-refractivity contribution in [3.8, 4) is 0 Å². The van der Waals surface area contributed by atoms with Crippen LogP contribution in [-0.4, -0.2) is 36.5 Å². The maximum atomic E-state index is 5.84. The minimum atomic E-state index is 0.382. The van der Waals surface area contributed by atoms with Crippen LogP contribution in [0.25, 0.3) is 5.57 Å². The number of nitrogens with zero attached hydrogens (tertiary/aromatic N) is 1.